The molecule has 2 rings (SSSR count). The average molecular weight is 244 g/mol. The van der Waals surface area contributed by atoms with E-state index in [0.29, 0.717) is 12.4 Å². The number of aromatic nitrogens is 3. The van der Waals surface area contributed by atoms with Crippen molar-refractivity contribution in [2.24, 2.45) is 0 Å². The Bertz CT molecular complexity index is 557. The molecule has 0 spiro atoms. The lowest BCUT2D eigenvalue weighted by molar-refractivity contribution is 0.0697. The zero-order valence-electron chi connectivity index (χ0n) is 9.79. The van der Waals surface area contributed by atoms with Crippen molar-refractivity contribution in [3.63, 3.8) is 0 Å². The first kappa shape index (κ1) is 12.0. The maximum atomic E-state index is 11.0. The minimum Gasteiger partial charge on any atom is -0.478 e. The van der Waals surface area contributed by atoms with E-state index in [9.17, 15) is 4.79 Å². The smallest absolute Gasteiger partial charge is 0.339 e. The molecule has 0 amide bonds. The number of anilines is 1. The van der Waals surface area contributed by atoms with Crippen molar-refractivity contribution in [1.82, 2.24) is 15.2 Å². The van der Waals surface area contributed by atoms with Gasteiger partial charge >= 0.3 is 5.97 Å². The first-order chi connectivity index (χ1) is 8.66. The number of aromatic carboxylic acids is 1. The van der Waals surface area contributed by atoms with Crippen LogP contribution >= 0.6 is 0 Å². The lowest BCUT2D eigenvalue weighted by Crippen LogP contribution is -2.10. The molecular weight excluding hydrogens is 232 g/mol. The van der Waals surface area contributed by atoms with Crippen LogP contribution in [0.3, 0.4) is 0 Å². The Kier molecular flexibility index (Phi) is 3.47. The molecule has 2 heterocycles. The molecule has 0 aliphatic carbocycles. The third-order valence-electron chi connectivity index (χ3n) is 2.33. The highest BCUT2D eigenvalue weighted by molar-refractivity contribution is 5.93. The highest BCUT2D eigenvalue weighted by atomic mass is 16.4. The number of carboxylic acid groups (broad SMARTS) is 1. The Morgan fingerprint density at radius 3 is 2.89 bits per heavy atom. The molecule has 92 valence electrons. The van der Waals surface area contributed by atoms with Gasteiger partial charge in [0.1, 0.15) is 11.4 Å². The van der Waals surface area contributed by atoms with E-state index in [1.165, 1.54) is 6.07 Å². The number of pyridine rings is 1. The van der Waals surface area contributed by atoms with Crippen LogP contribution in [0.5, 0.6) is 0 Å². The largest absolute Gasteiger partial charge is 0.478 e. The van der Waals surface area contributed by atoms with Crippen LogP contribution in [0.15, 0.2) is 30.5 Å². The van der Waals surface area contributed by atoms with E-state index in [1.807, 2.05) is 0 Å². The number of carboxylic acids is 1. The molecule has 0 saturated carbocycles. The maximum absolute atomic E-state index is 11.0. The number of rotatable bonds is 4. The van der Waals surface area contributed by atoms with Gasteiger partial charge in [0.15, 0.2) is 0 Å². The molecule has 0 atom stereocenters. The fraction of sp³-hybridized carbons (Fsp3) is 0.167. The molecule has 0 saturated heterocycles. The topological polar surface area (TPSA) is 88.0 Å². The van der Waals surface area contributed by atoms with Crippen LogP contribution in [-0.2, 0) is 6.54 Å². The summed E-state index contributed by atoms with van der Waals surface area (Å²) >= 11 is 0. The number of nitrogens with one attached hydrogen (secondary N) is 1. The summed E-state index contributed by atoms with van der Waals surface area (Å²) < 4.78 is 0. The number of aryl methyl sites for hydroxylation is 1. The molecule has 0 unspecified atom stereocenters. The van der Waals surface area contributed by atoms with Gasteiger partial charge in [0, 0.05) is 11.9 Å². The second kappa shape index (κ2) is 5.22. The quantitative estimate of drug-likeness (QED) is 0.847. The Balaban J connectivity index is 2.18. The van der Waals surface area contributed by atoms with Crippen LogP contribution < -0.4 is 5.32 Å². The van der Waals surface area contributed by atoms with Crippen LogP contribution in [0.25, 0.3) is 0 Å². The molecule has 18 heavy (non-hydrogen) atoms. The summed E-state index contributed by atoms with van der Waals surface area (Å²) in [5, 5.41) is 19.7. The molecular formula is C12H12N4O2. The fourth-order valence-electron chi connectivity index (χ4n) is 1.47. The third-order valence-corrected chi connectivity index (χ3v) is 2.33. The minimum absolute atomic E-state index is 0.143. The van der Waals surface area contributed by atoms with Gasteiger partial charge in [-0.15, -0.1) is 0 Å². The Labute approximate surface area is 104 Å². The second-order valence-electron chi connectivity index (χ2n) is 3.72. The van der Waals surface area contributed by atoms with Crippen molar-refractivity contribution >= 4 is 11.8 Å². The monoisotopic (exact) mass is 244 g/mol. The number of carbonyl (C=O) groups is 1. The normalized spacial score (nSPS) is 10.1. The highest BCUT2D eigenvalue weighted by Crippen LogP contribution is 2.14. The molecule has 0 aromatic carbocycles. The van der Waals surface area contributed by atoms with Gasteiger partial charge in [-0.2, -0.15) is 10.2 Å². The summed E-state index contributed by atoms with van der Waals surface area (Å²) in [6, 6.07) is 6.77. The van der Waals surface area contributed by atoms with Gasteiger partial charge in [0.05, 0.1) is 12.2 Å². The first-order valence-corrected chi connectivity index (χ1v) is 5.38. The maximum Gasteiger partial charge on any atom is 0.339 e. The second-order valence-corrected chi connectivity index (χ2v) is 3.72. The van der Waals surface area contributed by atoms with Crippen LogP contribution in [0.1, 0.15) is 21.7 Å². The standard InChI is InChI=1S/C12H12N4O2/c1-8-4-5-10(12(17)18)11(15-8)13-7-9-3-2-6-14-16-9/h2-6H,7H2,1H3,(H,13,15)(H,17,18). The zero-order valence-corrected chi connectivity index (χ0v) is 9.79. The van der Waals surface area contributed by atoms with Gasteiger partial charge in [-0.25, -0.2) is 9.78 Å². The fourth-order valence-corrected chi connectivity index (χ4v) is 1.47. The van der Waals surface area contributed by atoms with Crippen molar-refractivity contribution < 1.29 is 9.90 Å². The van der Waals surface area contributed by atoms with Crippen LogP contribution in [-0.4, -0.2) is 26.3 Å². The molecule has 0 fully saturated rings. The van der Waals surface area contributed by atoms with Crippen LogP contribution in [0, 0.1) is 6.92 Å². The van der Waals surface area contributed by atoms with E-state index in [4.69, 9.17) is 5.11 Å². The molecule has 2 N–H and O–H groups in total. The highest BCUT2D eigenvalue weighted by Gasteiger charge is 2.11. The van der Waals surface area contributed by atoms with Gasteiger partial charge in [0.25, 0.3) is 0 Å². The predicted molar refractivity (Wildman–Crippen MR) is 65.3 cm³/mol. The summed E-state index contributed by atoms with van der Waals surface area (Å²) in [6.45, 7) is 2.18. The van der Waals surface area contributed by atoms with Crippen LogP contribution in [0.2, 0.25) is 0 Å². The summed E-state index contributed by atoms with van der Waals surface area (Å²) in [7, 11) is 0. The predicted octanol–water partition coefficient (Wildman–Crippen LogP) is 1.49. The lowest BCUT2D eigenvalue weighted by Gasteiger charge is -2.08. The Morgan fingerprint density at radius 2 is 2.22 bits per heavy atom. The van der Waals surface area contributed by atoms with Crippen molar-refractivity contribution in [1.29, 1.82) is 0 Å². The van der Waals surface area contributed by atoms with Crippen molar-refractivity contribution in [2.75, 3.05) is 5.32 Å². The first-order valence-electron chi connectivity index (χ1n) is 5.38. The summed E-state index contributed by atoms with van der Waals surface area (Å²) in [4.78, 5) is 15.2. The van der Waals surface area contributed by atoms with Gasteiger partial charge in [0.2, 0.25) is 0 Å². The van der Waals surface area contributed by atoms with Gasteiger partial charge in [-0.05, 0) is 31.2 Å². The average Bonchev–Trinajstić information content (AvgIpc) is 2.37. The summed E-state index contributed by atoms with van der Waals surface area (Å²) in [5.74, 6) is -0.669. The van der Waals surface area contributed by atoms with Crippen molar-refractivity contribution in [3.05, 3.63) is 47.4 Å². The van der Waals surface area contributed by atoms with E-state index in [0.717, 1.165) is 11.4 Å². The molecule has 2 aromatic rings. The van der Waals surface area contributed by atoms with Gasteiger partial charge in [-0.3, -0.25) is 0 Å². The molecule has 6 heteroatoms. The van der Waals surface area contributed by atoms with E-state index < -0.39 is 5.97 Å². The zero-order chi connectivity index (χ0) is 13.0. The van der Waals surface area contributed by atoms with E-state index in [1.54, 1.807) is 31.3 Å². The SMILES string of the molecule is Cc1ccc(C(=O)O)c(NCc2cccnn2)n1. The molecule has 0 radical (unpaired) electrons. The summed E-state index contributed by atoms with van der Waals surface area (Å²) in [5.41, 5.74) is 1.61. The van der Waals surface area contributed by atoms with Gasteiger partial charge in [-0.1, -0.05) is 0 Å². The van der Waals surface area contributed by atoms with E-state index in [-0.39, 0.29) is 5.56 Å². The summed E-state index contributed by atoms with van der Waals surface area (Å²) in [6.07, 6.45) is 1.58. The van der Waals surface area contributed by atoms with E-state index in [2.05, 4.69) is 20.5 Å². The third kappa shape index (κ3) is 2.79. The number of hydrogen-bond donors (Lipinski definition) is 2. The Morgan fingerprint density at radius 1 is 1.39 bits per heavy atom. The molecule has 6 nitrogen and oxygen atoms in total. The van der Waals surface area contributed by atoms with E-state index >= 15 is 0 Å². The minimum atomic E-state index is -1.01. The molecule has 0 bridgehead atoms. The molecule has 0 aliphatic rings. The number of nitrogens with zero attached hydrogens (tertiary/aromatic N) is 3. The Hall–Kier alpha value is -2.50. The lowest BCUT2D eigenvalue weighted by atomic mass is 10.2. The van der Waals surface area contributed by atoms with Crippen LogP contribution in [0.4, 0.5) is 5.82 Å². The molecule has 0 aliphatic heterocycles. The number of hydrogen-bond acceptors (Lipinski definition) is 5. The van der Waals surface area contributed by atoms with Gasteiger partial charge < -0.3 is 10.4 Å². The van der Waals surface area contributed by atoms with Crippen molar-refractivity contribution in [3.8, 4) is 0 Å². The molecule has 2 aromatic heterocycles. The van der Waals surface area contributed by atoms with Crippen molar-refractivity contribution in [2.45, 2.75) is 13.5 Å².